The van der Waals surface area contributed by atoms with Crippen LogP contribution >= 0.6 is 35.1 Å². The Morgan fingerprint density at radius 1 is 1.25 bits per heavy atom. The fraction of sp³-hybridized carbons (Fsp3) is 0.294. The second kappa shape index (κ2) is 8.18. The summed E-state index contributed by atoms with van der Waals surface area (Å²) in [6.07, 6.45) is 5.79. The molecule has 4 nitrogen and oxygen atoms in total. The van der Waals surface area contributed by atoms with Crippen LogP contribution in [0.1, 0.15) is 16.5 Å². The second-order valence-electron chi connectivity index (χ2n) is 5.58. The van der Waals surface area contributed by atoms with Gasteiger partial charge in [0.05, 0.1) is 4.88 Å². The first-order valence-corrected chi connectivity index (χ1v) is 9.43. The van der Waals surface area contributed by atoms with E-state index in [0.29, 0.717) is 6.04 Å². The number of nitrogens with one attached hydrogen (secondary N) is 1. The molecule has 1 atom stereocenters. The number of piperazine rings is 1. The molecule has 1 aliphatic heterocycles. The van der Waals surface area contributed by atoms with Crippen LogP contribution in [0.2, 0.25) is 0 Å². The number of thiophene rings is 1. The van der Waals surface area contributed by atoms with Crippen LogP contribution in [-0.4, -0.2) is 34.5 Å². The van der Waals surface area contributed by atoms with Gasteiger partial charge < -0.3 is 5.32 Å². The lowest BCUT2D eigenvalue weighted by Gasteiger charge is -2.36. The smallest absolute Gasteiger partial charge is 0.133 e. The summed E-state index contributed by atoms with van der Waals surface area (Å²) in [5.74, 6) is 0. The summed E-state index contributed by atoms with van der Waals surface area (Å²) < 4.78 is 0. The highest BCUT2D eigenvalue weighted by Crippen LogP contribution is 2.31. The predicted molar refractivity (Wildman–Crippen MR) is 103 cm³/mol. The molecule has 1 saturated heterocycles. The molecular weight excluding hydrogens is 360 g/mol. The van der Waals surface area contributed by atoms with Crippen LogP contribution in [-0.2, 0) is 6.54 Å². The Labute approximate surface area is 156 Å². The molecule has 3 aromatic rings. The molecule has 0 aromatic carbocycles. The zero-order valence-electron chi connectivity index (χ0n) is 13.1. The van der Waals surface area contributed by atoms with E-state index in [0.717, 1.165) is 31.2 Å². The van der Waals surface area contributed by atoms with E-state index in [9.17, 15) is 0 Å². The molecule has 4 rings (SSSR count). The van der Waals surface area contributed by atoms with Crippen LogP contribution in [0.25, 0.3) is 9.88 Å². The predicted octanol–water partition coefficient (Wildman–Crippen LogP) is 3.83. The van der Waals surface area contributed by atoms with Gasteiger partial charge in [-0.15, -0.1) is 35.1 Å². The summed E-state index contributed by atoms with van der Waals surface area (Å²) in [7, 11) is 0. The maximum atomic E-state index is 4.60. The van der Waals surface area contributed by atoms with E-state index in [1.54, 1.807) is 22.7 Å². The minimum atomic E-state index is 0. The van der Waals surface area contributed by atoms with Gasteiger partial charge in [-0.3, -0.25) is 9.88 Å². The molecule has 0 amide bonds. The number of pyridine rings is 1. The zero-order chi connectivity index (χ0) is 15.5. The normalized spacial score (nSPS) is 18.2. The number of nitrogens with zero attached hydrogens (tertiary/aromatic N) is 3. The topological polar surface area (TPSA) is 41.1 Å². The van der Waals surface area contributed by atoms with Crippen molar-refractivity contribution < 1.29 is 0 Å². The summed E-state index contributed by atoms with van der Waals surface area (Å²) in [5, 5.41) is 6.74. The standard InChI is InChI=1S/C17H18N4S2.ClH/c1-2-16(22-9-1)17-20-10-14(23-17)12-21-8-7-19-11-15(21)13-3-5-18-6-4-13;/h1-6,9-10,15,19H,7-8,11-12H2;1H. The van der Waals surface area contributed by atoms with Gasteiger partial charge >= 0.3 is 0 Å². The van der Waals surface area contributed by atoms with Crippen molar-refractivity contribution in [3.05, 3.63) is 58.7 Å². The maximum Gasteiger partial charge on any atom is 0.133 e. The van der Waals surface area contributed by atoms with E-state index in [4.69, 9.17) is 0 Å². The third-order valence-corrected chi connectivity index (χ3v) is 6.11. The van der Waals surface area contributed by atoms with Crippen molar-refractivity contribution in [3.8, 4) is 9.88 Å². The van der Waals surface area contributed by atoms with E-state index in [1.807, 2.05) is 18.6 Å². The van der Waals surface area contributed by atoms with E-state index in [1.165, 1.54) is 15.3 Å². The highest BCUT2D eigenvalue weighted by Gasteiger charge is 2.24. The second-order valence-corrected chi connectivity index (χ2v) is 7.64. The van der Waals surface area contributed by atoms with Gasteiger partial charge in [0, 0.05) is 55.7 Å². The van der Waals surface area contributed by atoms with E-state index in [2.05, 4.69) is 49.8 Å². The lowest BCUT2D eigenvalue weighted by Crippen LogP contribution is -2.45. The monoisotopic (exact) mass is 378 g/mol. The van der Waals surface area contributed by atoms with E-state index < -0.39 is 0 Å². The maximum absolute atomic E-state index is 4.60. The molecule has 0 bridgehead atoms. The lowest BCUT2D eigenvalue weighted by molar-refractivity contribution is 0.155. The molecule has 1 aliphatic rings. The number of hydrogen-bond acceptors (Lipinski definition) is 6. The van der Waals surface area contributed by atoms with Gasteiger partial charge in [0.15, 0.2) is 0 Å². The summed E-state index contributed by atoms with van der Waals surface area (Å²) >= 11 is 3.56. The first kappa shape index (κ1) is 17.5. The Morgan fingerprint density at radius 3 is 2.92 bits per heavy atom. The van der Waals surface area contributed by atoms with E-state index in [-0.39, 0.29) is 12.4 Å². The Kier molecular flexibility index (Phi) is 5.97. The molecule has 126 valence electrons. The molecule has 3 aromatic heterocycles. The van der Waals surface area contributed by atoms with Gasteiger partial charge in [-0.05, 0) is 29.1 Å². The minimum absolute atomic E-state index is 0. The van der Waals surface area contributed by atoms with Gasteiger partial charge in [-0.2, -0.15) is 0 Å². The molecular formula is C17H19ClN4S2. The third-order valence-electron chi connectivity index (χ3n) is 4.09. The molecule has 1 fully saturated rings. The fourth-order valence-electron chi connectivity index (χ4n) is 2.94. The quantitative estimate of drug-likeness (QED) is 0.749. The average molecular weight is 379 g/mol. The van der Waals surface area contributed by atoms with Crippen molar-refractivity contribution in [2.45, 2.75) is 12.6 Å². The van der Waals surface area contributed by atoms with E-state index >= 15 is 0 Å². The van der Waals surface area contributed by atoms with Crippen molar-refractivity contribution in [3.63, 3.8) is 0 Å². The fourth-order valence-corrected chi connectivity index (χ4v) is 4.69. The van der Waals surface area contributed by atoms with Crippen molar-refractivity contribution in [2.24, 2.45) is 0 Å². The Balaban J connectivity index is 0.00000169. The van der Waals surface area contributed by atoms with Crippen molar-refractivity contribution in [2.75, 3.05) is 19.6 Å². The molecule has 4 heterocycles. The largest absolute Gasteiger partial charge is 0.314 e. The van der Waals surface area contributed by atoms with Crippen LogP contribution in [0.4, 0.5) is 0 Å². The highest BCUT2D eigenvalue weighted by molar-refractivity contribution is 7.20. The molecule has 0 aliphatic carbocycles. The molecule has 1 N–H and O–H groups in total. The molecule has 0 radical (unpaired) electrons. The first-order valence-electron chi connectivity index (χ1n) is 7.73. The van der Waals surface area contributed by atoms with Gasteiger partial charge in [-0.1, -0.05) is 6.07 Å². The summed E-state index contributed by atoms with van der Waals surface area (Å²) in [6, 6.07) is 8.86. The number of thiazole rings is 1. The van der Waals surface area contributed by atoms with Crippen LogP contribution in [0, 0.1) is 0 Å². The summed E-state index contributed by atoms with van der Waals surface area (Å²) in [5.41, 5.74) is 1.33. The number of hydrogen-bond donors (Lipinski definition) is 1. The molecule has 0 saturated carbocycles. The van der Waals surface area contributed by atoms with Crippen LogP contribution < -0.4 is 5.32 Å². The number of rotatable bonds is 4. The van der Waals surface area contributed by atoms with Crippen molar-refractivity contribution in [1.29, 1.82) is 0 Å². The highest BCUT2D eigenvalue weighted by atomic mass is 35.5. The average Bonchev–Trinajstić information content (AvgIpc) is 3.27. The molecule has 1 unspecified atom stereocenters. The minimum Gasteiger partial charge on any atom is -0.314 e. The Bertz CT molecular complexity index is 745. The van der Waals surface area contributed by atoms with Gasteiger partial charge in [-0.25, -0.2) is 4.98 Å². The number of halogens is 1. The SMILES string of the molecule is Cl.c1csc(-c2ncc(CN3CCNCC3c3ccncc3)s2)c1. The first-order chi connectivity index (χ1) is 11.4. The third kappa shape index (κ3) is 3.84. The summed E-state index contributed by atoms with van der Waals surface area (Å²) in [4.78, 5) is 13.9. The number of aromatic nitrogens is 2. The molecule has 24 heavy (non-hydrogen) atoms. The molecule has 0 spiro atoms. The van der Waals surface area contributed by atoms with Crippen molar-refractivity contribution in [1.82, 2.24) is 20.2 Å². The Morgan fingerprint density at radius 2 is 2.12 bits per heavy atom. The zero-order valence-corrected chi connectivity index (χ0v) is 15.5. The van der Waals surface area contributed by atoms with Gasteiger partial charge in [0.1, 0.15) is 5.01 Å². The van der Waals surface area contributed by atoms with Crippen LogP contribution in [0.5, 0.6) is 0 Å². The van der Waals surface area contributed by atoms with Crippen LogP contribution in [0.3, 0.4) is 0 Å². The molecule has 7 heteroatoms. The van der Waals surface area contributed by atoms with Gasteiger partial charge in [0.25, 0.3) is 0 Å². The Hall–Kier alpha value is -1.31. The lowest BCUT2D eigenvalue weighted by atomic mass is 10.0. The summed E-state index contributed by atoms with van der Waals surface area (Å²) in [6.45, 7) is 4.04. The van der Waals surface area contributed by atoms with Gasteiger partial charge in [0.2, 0.25) is 0 Å². The van der Waals surface area contributed by atoms with Crippen LogP contribution in [0.15, 0.2) is 48.2 Å². The van der Waals surface area contributed by atoms with Crippen molar-refractivity contribution >= 4 is 35.1 Å².